The number of carbonyl (C=O) groups is 1. The van der Waals surface area contributed by atoms with Crippen LogP contribution < -0.4 is 5.32 Å². The van der Waals surface area contributed by atoms with E-state index in [0.717, 1.165) is 11.1 Å². The molecular formula is C23H22FNO2S. The van der Waals surface area contributed by atoms with Crippen molar-refractivity contribution in [1.29, 1.82) is 0 Å². The van der Waals surface area contributed by atoms with Gasteiger partial charge in [0.1, 0.15) is 11.4 Å². The smallest absolute Gasteiger partial charge is 0.340 e. The minimum Gasteiger partial charge on any atom is -0.456 e. The van der Waals surface area contributed by atoms with Crippen molar-refractivity contribution in [1.82, 2.24) is 0 Å². The van der Waals surface area contributed by atoms with E-state index in [1.54, 1.807) is 29.5 Å². The summed E-state index contributed by atoms with van der Waals surface area (Å²) in [6.07, 6.45) is 4.00. The molecule has 144 valence electrons. The maximum atomic E-state index is 13.2. The van der Waals surface area contributed by atoms with Crippen LogP contribution in [0.1, 0.15) is 42.3 Å². The van der Waals surface area contributed by atoms with Crippen molar-refractivity contribution in [2.24, 2.45) is 0 Å². The summed E-state index contributed by atoms with van der Waals surface area (Å²) in [5, 5.41) is 7.28. The third-order valence-electron chi connectivity index (χ3n) is 3.80. The van der Waals surface area contributed by atoms with E-state index < -0.39 is 11.6 Å². The molecule has 0 saturated carbocycles. The van der Waals surface area contributed by atoms with Gasteiger partial charge in [-0.3, -0.25) is 0 Å². The van der Waals surface area contributed by atoms with E-state index in [1.165, 1.54) is 12.1 Å². The zero-order valence-corrected chi connectivity index (χ0v) is 16.8. The first kappa shape index (κ1) is 19.8. The van der Waals surface area contributed by atoms with Crippen LogP contribution in [0.5, 0.6) is 0 Å². The number of hydrogen-bond acceptors (Lipinski definition) is 4. The van der Waals surface area contributed by atoms with Crippen molar-refractivity contribution in [2.75, 3.05) is 5.32 Å². The largest absolute Gasteiger partial charge is 0.456 e. The van der Waals surface area contributed by atoms with Gasteiger partial charge >= 0.3 is 5.97 Å². The molecule has 3 rings (SSSR count). The molecule has 0 unspecified atom stereocenters. The second-order valence-corrected chi connectivity index (χ2v) is 8.11. The summed E-state index contributed by atoms with van der Waals surface area (Å²) in [6.45, 7) is 5.49. The Hall–Kier alpha value is -2.92. The van der Waals surface area contributed by atoms with Crippen LogP contribution in [0.4, 0.5) is 15.8 Å². The van der Waals surface area contributed by atoms with Crippen molar-refractivity contribution in [2.45, 2.75) is 26.4 Å². The maximum Gasteiger partial charge on any atom is 0.340 e. The summed E-state index contributed by atoms with van der Waals surface area (Å²) in [4.78, 5) is 12.6. The van der Waals surface area contributed by atoms with E-state index >= 15 is 0 Å². The van der Waals surface area contributed by atoms with Gasteiger partial charge in [-0.25, -0.2) is 9.18 Å². The van der Waals surface area contributed by atoms with Crippen LogP contribution in [0.2, 0.25) is 0 Å². The van der Waals surface area contributed by atoms with Crippen LogP contribution in [0, 0.1) is 5.82 Å². The lowest BCUT2D eigenvalue weighted by Gasteiger charge is -2.21. The summed E-state index contributed by atoms with van der Waals surface area (Å²) in [5.74, 6) is -0.726. The monoisotopic (exact) mass is 395 g/mol. The van der Waals surface area contributed by atoms with Crippen LogP contribution in [0.25, 0.3) is 12.2 Å². The molecule has 5 heteroatoms. The van der Waals surface area contributed by atoms with Crippen molar-refractivity contribution in [3.05, 3.63) is 81.8 Å². The highest BCUT2D eigenvalue weighted by Gasteiger charge is 2.20. The second kappa shape index (κ2) is 8.40. The molecule has 1 aromatic heterocycles. The van der Waals surface area contributed by atoms with Gasteiger partial charge < -0.3 is 10.1 Å². The Morgan fingerprint density at radius 1 is 1.04 bits per heavy atom. The average Bonchev–Trinajstić information content (AvgIpc) is 3.14. The average molecular weight is 395 g/mol. The van der Waals surface area contributed by atoms with Gasteiger partial charge in [-0.05, 0) is 85.1 Å². The first-order chi connectivity index (χ1) is 13.3. The number of halogens is 1. The van der Waals surface area contributed by atoms with Crippen LogP contribution in [-0.2, 0) is 4.74 Å². The van der Waals surface area contributed by atoms with Crippen LogP contribution in [-0.4, -0.2) is 11.6 Å². The molecule has 3 aromatic rings. The predicted octanol–water partition coefficient (Wildman–Crippen LogP) is 6.76. The highest BCUT2D eigenvalue weighted by molar-refractivity contribution is 7.08. The first-order valence-electron chi connectivity index (χ1n) is 8.90. The van der Waals surface area contributed by atoms with Crippen molar-refractivity contribution in [3.63, 3.8) is 0 Å². The second-order valence-electron chi connectivity index (χ2n) is 7.33. The number of anilines is 2. The van der Waals surface area contributed by atoms with E-state index in [0.29, 0.717) is 16.9 Å². The van der Waals surface area contributed by atoms with E-state index in [1.807, 2.05) is 56.5 Å². The Morgan fingerprint density at radius 3 is 2.39 bits per heavy atom. The Morgan fingerprint density at radius 2 is 1.75 bits per heavy atom. The summed E-state index contributed by atoms with van der Waals surface area (Å²) >= 11 is 1.64. The van der Waals surface area contributed by atoms with E-state index in [9.17, 15) is 9.18 Å². The number of carbonyl (C=O) groups excluding carboxylic acids is 1. The Bertz CT molecular complexity index is 971. The number of benzene rings is 2. The fourth-order valence-electron chi connectivity index (χ4n) is 2.53. The van der Waals surface area contributed by atoms with E-state index in [2.05, 4.69) is 10.7 Å². The standard InChI is InChI=1S/C23H22FNO2S/c1-23(2,3)27-22(26)20-11-6-16(4-5-17-12-13-28-15-17)14-21(20)25-19-9-7-18(24)8-10-19/h4-15,25H,1-3H3. The minimum absolute atomic E-state index is 0.314. The lowest BCUT2D eigenvalue weighted by molar-refractivity contribution is 0.00707. The molecule has 0 fully saturated rings. The fourth-order valence-corrected chi connectivity index (χ4v) is 3.16. The molecule has 0 bridgehead atoms. The summed E-state index contributed by atoms with van der Waals surface area (Å²) in [7, 11) is 0. The molecule has 1 heterocycles. The molecular weight excluding hydrogens is 373 g/mol. The van der Waals surface area contributed by atoms with Gasteiger partial charge in [0.05, 0.1) is 11.3 Å². The lowest BCUT2D eigenvalue weighted by Crippen LogP contribution is -2.24. The molecule has 0 radical (unpaired) electrons. The van der Waals surface area contributed by atoms with Gasteiger partial charge in [-0.1, -0.05) is 18.2 Å². The molecule has 0 atom stereocenters. The molecule has 0 aliphatic rings. The zero-order valence-electron chi connectivity index (χ0n) is 16.0. The molecule has 0 spiro atoms. The van der Waals surface area contributed by atoms with Gasteiger partial charge in [0.15, 0.2) is 0 Å². The van der Waals surface area contributed by atoms with Crippen molar-refractivity contribution < 1.29 is 13.9 Å². The highest BCUT2D eigenvalue weighted by Crippen LogP contribution is 2.26. The van der Waals surface area contributed by atoms with Gasteiger partial charge in [-0.2, -0.15) is 11.3 Å². The molecule has 0 aliphatic heterocycles. The zero-order chi connectivity index (χ0) is 20.1. The Balaban J connectivity index is 1.93. The van der Waals surface area contributed by atoms with E-state index in [-0.39, 0.29) is 5.82 Å². The summed E-state index contributed by atoms with van der Waals surface area (Å²) in [5.41, 5.74) is 3.17. The topological polar surface area (TPSA) is 38.3 Å². The molecule has 3 nitrogen and oxygen atoms in total. The normalized spacial score (nSPS) is 11.6. The SMILES string of the molecule is CC(C)(C)OC(=O)c1ccc(C=Cc2ccsc2)cc1Nc1ccc(F)cc1. The Labute approximate surface area is 168 Å². The maximum absolute atomic E-state index is 13.2. The first-order valence-corrected chi connectivity index (χ1v) is 9.85. The Kier molecular flexibility index (Phi) is 5.95. The van der Waals surface area contributed by atoms with Gasteiger partial charge in [0, 0.05) is 5.69 Å². The summed E-state index contributed by atoms with van der Waals surface area (Å²) in [6, 6.07) is 13.5. The predicted molar refractivity (Wildman–Crippen MR) is 115 cm³/mol. The molecule has 0 amide bonds. The number of esters is 1. The fraction of sp³-hybridized carbons (Fsp3) is 0.174. The molecule has 0 saturated heterocycles. The van der Waals surface area contributed by atoms with Crippen molar-refractivity contribution >= 4 is 40.8 Å². The third kappa shape index (κ3) is 5.54. The number of ether oxygens (including phenoxy) is 1. The van der Waals surface area contributed by atoms with Crippen LogP contribution in [0.15, 0.2) is 59.3 Å². The molecule has 1 N–H and O–H groups in total. The van der Waals surface area contributed by atoms with Crippen LogP contribution >= 0.6 is 11.3 Å². The molecule has 28 heavy (non-hydrogen) atoms. The van der Waals surface area contributed by atoms with Crippen LogP contribution in [0.3, 0.4) is 0 Å². The quantitative estimate of drug-likeness (QED) is 0.485. The minimum atomic E-state index is -0.595. The van der Waals surface area contributed by atoms with Gasteiger partial charge in [0.25, 0.3) is 0 Å². The third-order valence-corrected chi connectivity index (χ3v) is 4.50. The highest BCUT2D eigenvalue weighted by atomic mass is 32.1. The lowest BCUT2D eigenvalue weighted by atomic mass is 10.1. The molecule has 2 aromatic carbocycles. The van der Waals surface area contributed by atoms with Gasteiger partial charge in [-0.15, -0.1) is 0 Å². The van der Waals surface area contributed by atoms with Gasteiger partial charge in [0.2, 0.25) is 0 Å². The molecule has 0 aliphatic carbocycles. The van der Waals surface area contributed by atoms with E-state index in [4.69, 9.17) is 4.74 Å². The number of nitrogens with one attached hydrogen (secondary N) is 1. The van der Waals surface area contributed by atoms with Crippen molar-refractivity contribution in [3.8, 4) is 0 Å². The number of rotatable bonds is 5. The summed E-state index contributed by atoms with van der Waals surface area (Å²) < 4.78 is 18.7. The number of hydrogen-bond donors (Lipinski definition) is 1. The number of thiophene rings is 1.